The van der Waals surface area contributed by atoms with Crippen molar-refractivity contribution in [1.29, 1.82) is 0 Å². The van der Waals surface area contributed by atoms with Gasteiger partial charge in [0.15, 0.2) is 0 Å². The molecule has 0 atom stereocenters. The van der Waals surface area contributed by atoms with E-state index in [4.69, 9.17) is 4.74 Å². The van der Waals surface area contributed by atoms with E-state index < -0.39 is 0 Å². The van der Waals surface area contributed by atoms with Crippen molar-refractivity contribution in [2.24, 2.45) is 5.92 Å². The van der Waals surface area contributed by atoms with Crippen LogP contribution in [0.25, 0.3) is 0 Å². The van der Waals surface area contributed by atoms with E-state index in [9.17, 15) is 9.59 Å². The summed E-state index contributed by atoms with van der Waals surface area (Å²) < 4.78 is 5.05. The number of aryl methyl sites for hydroxylation is 1. The van der Waals surface area contributed by atoms with Crippen LogP contribution < -0.4 is 0 Å². The third-order valence-corrected chi connectivity index (χ3v) is 5.07. The van der Waals surface area contributed by atoms with Crippen LogP contribution in [0.4, 0.5) is 0 Å². The third-order valence-electron chi connectivity index (χ3n) is 3.91. The predicted molar refractivity (Wildman–Crippen MR) is 87.8 cm³/mol. The van der Waals surface area contributed by atoms with Crippen molar-refractivity contribution in [2.45, 2.75) is 31.6 Å². The fourth-order valence-electron chi connectivity index (χ4n) is 2.57. The zero-order chi connectivity index (χ0) is 15.9. The number of ether oxygens (including phenoxy) is 1. The minimum absolute atomic E-state index is 0.0481. The molecule has 1 amide bonds. The van der Waals surface area contributed by atoms with Gasteiger partial charge in [-0.25, -0.2) is 0 Å². The summed E-state index contributed by atoms with van der Waals surface area (Å²) in [6, 6.07) is 8.09. The minimum atomic E-state index is -0.121. The van der Waals surface area contributed by atoms with Crippen molar-refractivity contribution in [2.75, 3.05) is 25.4 Å². The average Bonchev–Trinajstić information content (AvgIpc) is 2.54. The molecule has 0 bridgehead atoms. The fourth-order valence-corrected chi connectivity index (χ4v) is 3.51. The Kier molecular flexibility index (Phi) is 6.31. The average molecular weight is 321 g/mol. The zero-order valence-corrected chi connectivity index (χ0v) is 14.0. The van der Waals surface area contributed by atoms with Crippen LogP contribution in [0.3, 0.4) is 0 Å². The molecule has 0 aromatic heterocycles. The summed E-state index contributed by atoms with van der Waals surface area (Å²) in [5.41, 5.74) is 1.20. The Bertz CT molecular complexity index is 524. The highest BCUT2D eigenvalue weighted by molar-refractivity contribution is 8.00. The van der Waals surface area contributed by atoms with Crippen LogP contribution in [0.1, 0.15) is 25.3 Å². The maximum atomic E-state index is 12.3. The molecule has 0 aliphatic carbocycles. The monoisotopic (exact) mass is 321 g/mol. The largest absolute Gasteiger partial charge is 0.466 e. The molecule has 0 unspecified atom stereocenters. The molecule has 5 heteroatoms. The number of benzene rings is 1. The van der Waals surface area contributed by atoms with Crippen molar-refractivity contribution >= 4 is 23.6 Å². The lowest BCUT2D eigenvalue weighted by atomic mass is 9.97. The Labute approximate surface area is 136 Å². The van der Waals surface area contributed by atoms with Gasteiger partial charge in [-0.2, -0.15) is 0 Å². The van der Waals surface area contributed by atoms with Crippen LogP contribution in [0.15, 0.2) is 29.2 Å². The first-order valence-corrected chi connectivity index (χ1v) is 8.73. The molecule has 1 aromatic carbocycles. The molecule has 0 radical (unpaired) electrons. The van der Waals surface area contributed by atoms with E-state index in [2.05, 4.69) is 13.0 Å². The lowest BCUT2D eigenvalue weighted by molar-refractivity contribution is -0.151. The third kappa shape index (κ3) is 4.50. The maximum Gasteiger partial charge on any atom is 0.309 e. The van der Waals surface area contributed by atoms with Crippen molar-refractivity contribution in [3.8, 4) is 0 Å². The summed E-state index contributed by atoms with van der Waals surface area (Å²) >= 11 is 1.58. The molecule has 1 heterocycles. The van der Waals surface area contributed by atoms with E-state index in [1.54, 1.807) is 11.8 Å². The molecule has 2 rings (SSSR count). The second-order valence-electron chi connectivity index (χ2n) is 5.46. The lowest BCUT2D eigenvalue weighted by Crippen LogP contribution is -2.41. The zero-order valence-electron chi connectivity index (χ0n) is 13.2. The second kappa shape index (κ2) is 8.22. The second-order valence-corrected chi connectivity index (χ2v) is 6.48. The van der Waals surface area contributed by atoms with Gasteiger partial charge in [0.1, 0.15) is 0 Å². The molecule has 0 saturated carbocycles. The number of carbonyl (C=O) groups excluding carboxylic acids is 2. The van der Waals surface area contributed by atoms with Gasteiger partial charge >= 0.3 is 5.97 Å². The van der Waals surface area contributed by atoms with Crippen LogP contribution in [0, 0.1) is 12.8 Å². The lowest BCUT2D eigenvalue weighted by Gasteiger charge is -2.30. The molecular weight excluding hydrogens is 298 g/mol. The van der Waals surface area contributed by atoms with Crippen molar-refractivity contribution in [3.63, 3.8) is 0 Å². The molecule has 0 spiro atoms. The van der Waals surface area contributed by atoms with Crippen molar-refractivity contribution < 1.29 is 14.3 Å². The number of likely N-dealkylation sites (tertiary alicyclic amines) is 1. The van der Waals surface area contributed by atoms with Gasteiger partial charge in [0, 0.05) is 18.0 Å². The van der Waals surface area contributed by atoms with E-state index in [-0.39, 0.29) is 17.8 Å². The van der Waals surface area contributed by atoms with Gasteiger partial charge in [-0.15, -0.1) is 11.8 Å². The molecule has 1 aromatic rings. The minimum Gasteiger partial charge on any atom is -0.466 e. The highest BCUT2D eigenvalue weighted by Gasteiger charge is 2.28. The van der Waals surface area contributed by atoms with Gasteiger partial charge < -0.3 is 9.64 Å². The number of hydrogen-bond donors (Lipinski definition) is 0. The molecule has 1 aliphatic rings. The number of rotatable bonds is 5. The summed E-state index contributed by atoms with van der Waals surface area (Å²) in [6.45, 7) is 5.59. The summed E-state index contributed by atoms with van der Waals surface area (Å²) in [5.74, 6) is 0.432. The molecule has 22 heavy (non-hydrogen) atoms. The van der Waals surface area contributed by atoms with Crippen LogP contribution in [0.5, 0.6) is 0 Å². The Morgan fingerprint density at radius 2 is 1.95 bits per heavy atom. The van der Waals surface area contributed by atoms with Crippen LogP contribution in [-0.4, -0.2) is 42.2 Å². The van der Waals surface area contributed by atoms with Gasteiger partial charge in [0.25, 0.3) is 0 Å². The van der Waals surface area contributed by atoms with E-state index in [1.807, 2.05) is 30.0 Å². The number of thioether (sulfide) groups is 1. The molecule has 1 aliphatic heterocycles. The van der Waals surface area contributed by atoms with Gasteiger partial charge in [-0.3, -0.25) is 9.59 Å². The molecular formula is C17H23NO3S. The summed E-state index contributed by atoms with van der Waals surface area (Å²) in [4.78, 5) is 27.0. The van der Waals surface area contributed by atoms with Crippen LogP contribution in [-0.2, 0) is 14.3 Å². The predicted octanol–water partition coefficient (Wildman–Crippen LogP) is 2.89. The number of piperidine rings is 1. The Balaban J connectivity index is 1.78. The first kappa shape index (κ1) is 16.9. The van der Waals surface area contributed by atoms with E-state index >= 15 is 0 Å². The number of amides is 1. The number of carbonyl (C=O) groups is 2. The van der Waals surface area contributed by atoms with Gasteiger partial charge in [0.05, 0.1) is 18.3 Å². The van der Waals surface area contributed by atoms with Gasteiger partial charge in [0.2, 0.25) is 5.91 Å². The summed E-state index contributed by atoms with van der Waals surface area (Å²) in [7, 11) is 0. The fraction of sp³-hybridized carbons (Fsp3) is 0.529. The Hall–Kier alpha value is -1.49. The SMILES string of the molecule is CCOC(=O)C1CCN(C(=O)CSc2ccccc2C)CC1. The first-order chi connectivity index (χ1) is 10.6. The van der Waals surface area contributed by atoms with E-state index in [0.717, 1.165) is 4.90 Å². The van der Waals surface area contributed by atoms with Crippen molar-refractivity contribution in [3.05, 3.63) is 29.8 Å². The van der Waals surface area contributed by atoms with Gasteiger partial charge in [-0.05, 0) is 38.3 Å². The molecule has 1 saturated heterocycles. The normalized spacial score (nSPS) is 15.6. The summed E-state index contributed by atoms with van der Waals surface area (Å²) in [6.07, 6.45) is 1.42. The topological polar surface area (TPSA) is 46.6 Å². The number of nitrogens with zero attached hydrogens (tertiary/aromatic N) is 1. The van der Waals surface area contributed by atoms with E-state index in [1.165, 1.54) is 5.56 Å². The number of esters is 1. The molecule has 4 nitrogen and oxygen atoms in total. The van der Waals surface area contributed by atoms with E-state index in [0.29, 0.717) is 38.3 Å². The van der Waals surface area contributed by atoms with Crippen molar-refractivity contribution in [1.82, 2.24) is 4.90 Å². The van der Waals surface area contributed by atoms with Gasteiger partial charge in [-0.1, -0.05) is 18.2 Å². The quantitative estimate of drug-likeness (QED) is 0.618. The number of hydrogen-bond acceptors (Lipinski definition) is 4. The maximum absolute atomic E-state index is 12.3. The molecule has 0 N–H and O–H groups in total. The Morgan fingerprint density at radius 1 is 1.27 bits per heavy atom. The highest BCUT2D eigenvalue weighted by Crippen LogP contribution is 2.24. The molecule has 120 valence electrons. The Morgan fingerprint density at radius 3 is 2.59 bits per heavy atom. The van der Waals surface area contributed by atoms with Crippen LogP contribution in [0.2, 0.25) is 0 Å². The summed E-state index contributed by atoms with van der Waals surface area (Å²) in [5, 5.41) is 0. The first-order valence-electron chi connectivity index (χ1n) is 7.74. The smallest absolute Gasteiger partial charge is 0.309 e. The molecule has 1 fully saturated rings. The highest BCUT2D eigenvalue weighted by atomic mass is 32.2. The van der Waals surface area contributed by atoms with Crippen LogP contribution >= 0.6 is 11.8 Å². The standard InChI is InChI=1S/C17H23NO3S/c1-3-21-17(20)14-8-10-18(11-9-14)16(19)12-22-15-7-5-4-6-13(15)2/h4-7,14H,3,8-12H2,1-2H3.